The number of hydrogen-bond acceptors (Lipinski definition) is 1. The Morgan fingerprint density at radius 2 is 2.18 bits per heavy atom. The molecule has 90 valence electrons. The van der Waals surface area contributed by atoms with Gasteiger partial charge in [0.05, 0.1) is 0 Å². The van der Waals surface area contributed by atoms with Crippen molar-refractivity contribution in [3.63, 3.8) is 0 Å². The Labute approximate surface area is 101 Å². The van der Waals surface area contributed by atoms with Crippen LogP contribution >= 0.6 is 0 Å². The molecule has 1 amide bonds. The van der Waals surface area contributed by atoms with Gasteiger partial charge in [0.2, 0.25) is 5.91 Å². The summed E-state index contributed by atoms with van der Waals surface area (Å²) in [6.07, 6.45) is 2.81. The molecular weight excluding hydrogens is 212 g/mol. The van der Waals surface area contributed by atoms with Gasteiger partial charge in [0.25, 0.3) is 0 Å². The van der Waals surface area contributed by atoms with Crippen LogP contribution in [0.25, 0.3) is 10.9 Å². The number of H-pyrrole nitrogens is 1. The van der Waals surface area contributed by atoms with Crippen molar-refractivity contribution in [3.05, 3.63) is 36.0 Å². The van der Waals surface area contributed by atoms with E-state index in [0.29, 0.717) is 6.54 Å². The smallest absolute Gasteiger partial charge is 0.222 e. The van der Waals surface area contributed by atoms with E-state index in [2.05, 4.69) is 34.6 Å². The molecule has 0 fully saturated rings. The largest absolute Gasteiger partial charge is 0.361 e. The minimum atomic E-state index is 0.0575. The Kier molecular flexibility index (Phi) is 3.47. The van der Waals surface area contributed by atoms with Crippen LogP contribution in [0.15, 0.2) is 30.5 Å². The molecule has 17 heavy (non-hydrogen) atoms. The van der Waals surface area contributed by atoms with Crippen LogP contribution in [0.2, 0.25) is 0 Å². The first-order valence-electron chi connectivity index (χ1n) is 6.00. The van der Waals surface area contributed by atoms with Crippen LogP contribution in [0.1, 0.15) is 19.4 Å². The van der Waals surface area contributed by atoms with Crippen molar-refractivity contribution in [1.82, 2.24) is 10.3 Å². The van der Waals surface area contributed by atoms with Gasteiger partial charge in [-0.05, 0) is 35.6 Å². The zero-order valence-corrected chi connectivity index (χ0v) is 10.3. The maximum atomic E-state index is 11.4. The van der Waals surface area contributed by atoms with Crippen LogP contribution in [0.4, 0.5) is 0 Å². The van der Waals surface area contributed by atoms with Gasteiger partial charge in [0.1, 0.15) is 0 Å². The van der Waals surface area contributed by atoms with Gasteiger partial charge >= 0.3 is 0 Å². The number of amides is 1. The molecular formula is C14H18N2O. The van der Waals surface area contributed by atoms with Gasteiger partial charge in [0, 0.05) is 24.2 Å². The van der Waals surface area contributed by atoms with Crippen LogP contribution in [0.3, 0.4) is 0 Å². The molecule has 2 N–H and O–H groups in total. The second kappa shape index (κ2) is 5.04. The van der Waals surface area contributed by atoms with Crippen molar-refractivity contribution < 1.29 is 4.79 Å². The number of carbonyl (C=O) groups excluding carboxylic acids is 1. The maximum Gasteiger partial charge on any atom is 0.222 e. The number of carbonyl (C=O) groups is 1. The molecule has 1 aromatic heterocycles. The molecule has 0 radical (unpaired) electrons. The summed E-state index contributed by atoms with van der Waals surface area (Å²) in [6.45, 7) is 4.51. The summed E-state index contributed by atoms with van der Waals surface area (Å²) in [4.78, 5) is 14.6. The summed E-state index contributed by atoms with van der Waals surface area (Å²) in [5.41, 5.74) is 2.40. The summed E-state index contributed by atoms with van der Waals surface area (Å²) in [5, 5.41) is 4.15. The highest BCUT2D eigenvalue weighted by molar-refractivity contribution is 5.80. The van der Waals surface area contributed by atoms with E-state index in [9.17, 15) is 4.79 Å². The fourth-order valence-electron chi connectivity index (χ4n) is 1.79. The number of hydrogen-bond donors (Lipinski definition) is 2. The lowest BCUT2D eigenvalue weighted by molar-refractivity contribution is -0.123. The normalized spacial score (nSPS) is 11.0. The molecule has 0 atom stereocenters. The molecule has 0 aliphatic carbocycles. The zero-order valence-electron chi connectivity index (χ0n) is 10.3. The lowest BCUT2D eigenvalue weighted by Gasteiger charge is -2.07. The van der Waals surface area contributed by atoms with E-state index in [0.717, 1.165) is 11.9 Å². The Balaban J connectivity index is 1.92. The molecule has 0 saturated carbocycles. The predicted molar refractivity (Wildman–Crippen MR) is 69.9 cm³/mol. The van der Waals surface area contributed by atoms with Crippen LogP contribution in [-0.4, -0.2) is 17.4 Å². The van der Waals surface area contributed by atoms with Gasteiger partial charge in [-0.3, -0.25) is 4.79 Å². The number of rotatable bonds is 4. The molecule has 2 aromatic rings. The lowest BCUT2D eigenvalue weighted by Crippen LogP contribution is -2.29. The van der Waals surface area contributed by atoms with Crippen molar-refractivity contribution in [3.8, 4) is 0 Å². The third kappa shape index (κ3) is 2.87. The second-order valence-corrected chi connectivity index (χ2v) is 4.60. The zero-order chi connectivity index (χ0) is 12.3. The summed E-state index contributed by atoms with van der Waals surface area (Å²) >= 11 is 0. The Morgan fingerprint density at radius 3 is 2.94 bits per heavy atom. The highest BCUT2D eigenvalue weighted by Gasteiger charge is 2.05. The third-order valence-electron chi connectivity index (χ3n) is 2.85. The fourth-order valence-corrected chi connectivity index (χ4v) is 1.79. The SMILES string of the molecule is CC(C)C(=O)NCCc1ccc2[nH]ccc2c1. The molecule has 2 rings (SSSR count). The van der Waals surface area contributed by atoms with Crippen molar-refractivity contribution in [2.24, 2.45) is 5.92 Å². The molecule has 0 aliphatic heterocycles. The topological polar surface area (TPSA) is 44.9 Å². The van der Waals surface area contributed by atoms with E-state index in [1.54, 1.807) is 0 Å². The predicted octanol–water partition coefficient (Wildman–Crippen LogP) is 2.48. The van der Waals surface area contributed by atoms with Crippen LogP contribution in [0.5, 0.6) is 0 Å². The number of fused-ring (bicyclic) bond motifs is 1. The summed E-state index contributed by atoms with van der Waals surface area (Å²) in [6, 6.07) is 8.40. The minimum Gasteiger partial charge on any atom is -0.361 e. The lowest BCUT2D eigenvalue weighted by atomic mass is 10.1. The molecule has 3 nitrogen and oxygen atoms in total. The second-order valence-electron chi connectivity index (χ2n) is 4.60. The number of aromatic nitrogens is 1. The highest BCUT2D eigenvalue weighted by atomic mass is 16.1. The van der Waals surface area contributed by atoms with E-state index in [-0.39, 0.29) is 11.8 Å². The molecule has 0 saturated heterocycles. The third-order valence-corrected chi connectivity index (χ3v) is 2.85. The van der Waals surface area contributed by atoms with Crippen molar-refractivity contribution in [2.45, 2.75) is 20.3 Å². The minimum absolute atomic E-state index is 0.0575. The molecule has 1 aromatic carbocycles. The Hall–Kier alpha value is -1.77. The van der Waals surface area contributed by atoms with Gasteiger partial charge < -0.3 is 10.3 Å². The standard InChI is InChI=1S/C14H18N2O/c1-10(2)14(17)16-7-5-11-3-4-13-12(9-11)6-8-15-13/h3-4,6,8-10,15H,5,7H2,1-2H3,(H,16,17). The number of nitrogens with one attached hydrogen (secondary N) is 2. The monoisotopic (exact) mass is 230 g/mol. The molecule has 0 unspecified atom stereocenters. The summed E-state index contributed by atoms with van der Waals surface area (Å²) < 4.78 is 0. The first kappa shape index (κ1) is 11.7. The van der Waals surface area contributed by atoms with Crippen LogP contribution in [0, 0.1) is 5.92 Å². The van der Waals surface area contributed by atoms with Crippen LogP contribution in [-0.2, 0) is 11.2 Å². The Bertz CT molecular complexity index is 514. The molecule has 1 heterocycles. The van der Waals surface area contributed by atoms with Gasteiger partial charge in [0.15, 0.2) is 0 Å². The average molecular weight is 230 g/mol. The number of aromatic amines is 1. The van der Waals surface area contributed by atoms with E-state index in [1.807, 2.05) is 20.0 Å². The van der Waals surface area contributed by atoms with E-state index < -0.39 is 0 Å². The first-order valence-corrected chi connectivity index (χ1v) is 6.00. The molecule has 0 spiro atoms. The fraction of sp³-hybridized carbons (Fsp3) is 0.357. The van der Waals surface area contributed by atoms with Gasteiger partial charge in [-0.1, -0.05) is 19.9 Å². The molecule has 0 bridgehead atoms. The van der Waals surface area contributed by atoms with Crippen molar-refractivity contribution in [2.75, 3.05) is 6.54 Å². The number of benzene rings is 1. The highest BCUT2D eigenvalue weighted by Crippen LogP contribution is 2.14. The van der Waals surface area contributed by atoms with E-state index in [1.165, 1.54) is 10.9 Å². The maximum absolute atomic E-state index is 11.4. The van der Waals surface area contributed by atoms with Gasteiger partial charge in [-0.15, -0.1) is 0 Å². The summed E-state index contributed by atoms with van der Waals surface area (Å²) in [5.74, 6) is 0.176. The van der Waals surface area contributed by atoms with Gasteiger partial charge in [-0.25, -0.2) is 0 Å². The van der Waals surface area contributed by atoms with E-state index >= 15 is 0 Å². The molecule has 3 heteroatoms. The Morgan fingerprint density at radius 1 is 1.35 bits per heavy atom. The van der Waals surface area contributed by atoms with Gasteiger partial charge in [-0.2, -0.15) is 0 Å². The van der Waals surface area contributed by atoms with Crippen molar-refractivity contribution >= 4 is 16.8 Å². The molecule has 0 aliphatic rings. The van der Waals surface area contributed by atoms with E-state index in [4.69, 9.17) is 0 Å². The average Bonchev–Trinajstić information content (AvgIpc) is 2.75. The first-order chi connectivity index (χ1) is 8.16. The quantitative estimate of drug-likeness (QED) is 0.832. The van der Waals surface area contributed by atoms with Crippen LogP contribution < -0.4 is 5.32 Å². The summed E-state index contributed by atoms with van der Waals surface area (Å²) in [7, 11) is 0. The van der Waals surface area contributed by atoms with Crippen molar-refractivity contribution in [1.29, 1.82) is 0 Å².